The molecule has 0 radical (unpaired) electrons. The van der Waals surface area contributed by atoms with Crippen molar-refractivity contribution in [3.63, 3.8) is 0 Å². The molecule has 0 fully saturated rings. The van der Waals surface area contributed by atoms with E-state index in [4.69, 9.17) is 0 Å². The summed E-state index contributed by atoms with van der Waals surface area (Å²) in [6, 6.07) is 22.9. The Morgan fingerprint density at radius 1 is 1.03 bits per heavy atom. The third-order valence-electron chi connectivity index (χ3n) is 5.91. The van der Waals surface area contributed by atoms with Crippen molar-refractivity contribution in [2.75, 3.05) is 29.1 Å². The second kappa shape index (κ2) is 13.1. The molecule has 2 N–H and O–H groups in total. The lowest BCUT2D eigenvalue weighted by Crippen LogP contribution is -2.23. The maximum absolute atomic E-state index is 13.4. The van der Waals surface area contributed by atoms with Crippen molar-refractivity contribution in [1.82, 2.24) is 14.9 Å². The lowest BCUT2D eigenvalue weighted by molar-refractivity contribution is -0.112. The number of halogens is 1. The first kappa shape index (κ1) is 27.2. The molecule has 4 rings (SSSR count). The second-order valence-electron chi connectivity index (χ2n) is 8.87. The fraction of sp³-hybridized carbons (Fsp3) is 0.133. The van der Waals surface area contributed by atoms with Crippen molar-refractivity contribution in [2.45, 2.75) is 13.0 Å². The predicted molar refractivity (Wildman–Crippen MR) is 152 cm³/mol. The van der Waals surface area contributed by atoms with Crippen LogP contribution in [0.25, 0.3) is 0 Å². The van der Waals surface area contributed by atoms with Gasteiger partial charge in [0, 0.05) is 36.2 Å². The van der Waals surface area contributed by atoms with Crippen LogP contribution in [0.15, 0.2) is 97.7 Å². The van der Waals surface area contributed by atoms with Crippen molar-refractivity contribution >= 4 is 41.1 Å². The molecule has 0 atom stereocenters. The first-order valence-corrected chi connectivity index (χ1v) is 12.3. The van der Waals surface area contributed by atoms with Crippen LogP contribution in [0.3, 0.4) is 0 Å². The van der Waals surface area contributed by atoms with Gasteiger partial charge < -0.3 is 15.5 Å². The van der Waals surface area contributed by atoms with Crippen LogP contribution in [0, 0.1) is 5.82 Å². The number of rotatable bonds is 12. The number of carbonyl (C=O) groups is 2. The Morgan fingerprint density at radius 3 is 2.51 bits per heavy atom. The van der Waals surface area contributed by atoms with Crippen LogP contribution in [-0.2, 0) is 22.6 Å². The van der Waals surface area contributed by atoms with Gasteiger partial charge in [-0.1, -0.05) is 43.0 Å². The number of nitrogens with one attached hydrogen (secondary N) is 2. The van der Waals surface area contributed by atoms with Gasteiger partial charge in [-0.05, 0) is 67.6 Å². The largest absolute Gasteiger partial charge is 0.324 e. The molecule has 1 aromatic heterocycles. The Balaban J connectivity index is 1.63. The molecular weight excluding hydrogens is 495 g/mol. The molecular formula is C30H29FN6O2. The zero-order valence-electron chi connectivity index (χ0n) is 21.5. The van der Waals surface area contributed by atoms with E-state index in [1.165, 1.54) is 28.7 Å². The maximum atomic E-state index is 13.4. The maximum Gasteiger partial charge on any atom is 0.247 e. The van der Waals surface area contributed by atoms with Crippen molar-refractivity contribution in [2.24, 2.45) is 0 Å². The Hall–Kier alpha value is -4.89. The molecule has 0 unspecified atom stereocenters. The predicted octanol–water partition coefficient (Wildman–Crippen LogP) is 5.45. The molecule has 39 heavy (non-hydrogen) atoms. The van der Waals surface area contributed by atoms with Gasteiger partial charge in [0.25, 0.3) is 0 Å². The van der Waals surface area contributed by atoms with Crippen LogP contribution in [0.5, 0.6) is 0 Å². The van der Waals surface area contributed by atoms with E-state index in [0.29, 0.717) is 42.3 Å². The van der Waals surface area contributed by atoms with E-state index in [0.717, 1.165) is 12.1 Å². The first-order chi connectivity index (χ1) is 18.9. The molecule has 9 heteroatoms. The molecule has 0 saturated heterocycles. The summed E-state index contributed by atoms with van der Waals surface area (Å²) in [5, 5.41) is 5.77. The van der Waals surface area contributed by atoms with Gasteiger partial charge in [0.1, 0.15) is 11.6 Å². The number of hydrogen-bond acceptors (Lipinski definition) is 6. The minimum Gasteiger partial charge on any atom is -0.324 e. The normalized spacial score (nSPS) is 10.6. The molecule has 2 amide bonds. The quantitative estimate of drug-likeness (QED) is 0.189. The molecule has 0 saturated carbocycles. The smallest absolute Gasteiger partial charge is 0.247 e. The van der Waals surface area contributed by atoms with Crippen LogP contribution < -0.4 is 15.5 Å². The summed E-state index contributed by atoms with van der Waals surface area (Å²) in [6.07, 6.45) is 4.11. The summed E-state index contributed by atoms with van der Waals surface area (Å²) in [6.45, 7) is 4.93. The Kier molecular flexibility index (Phi) is 9.10. The minimum atomic E-state index is -0.361. The molecule has 0 bridgehead atoms. The summed E-state index contributed by atoms with van der Waals surface area (Å²) in [7, 11) is 2.03. The number of aromatic nitrogens is 2. The van der Waals surface area contributed by atoms with Gasteiger partial charge >= 0.3 is 0 Å². The fourth-order valence-corrected chi connectivity index (χ4v) is 3.95. The van der Waals surface area contributed by atoms with Crippen molar-refractivity contribution < 1.29 is 14.0 Å². The van der Waals surface area contributed by atoms with Crippen molar-refractivity contribution in [3.05, 3.63) is 115 Å². The number of nitrogens with zero attached hydrogens (tertiary/aromatic N) is 4. The van der Waals surface area contributed by atoms with Gasteiger partial charge in [0.2, 0.25) is 18.3 Å². The standard InChI is InChI=1S/C30H29FN6O2/c1-3-28(39)33-26-10-7-11-27(18-26)37(21-38)29-23(16-17-36(2)20-22-8-5-4-6-9-22)19-32-30(35-29)34-25-14-12-24(31)13-15-25/h3-15,18-19,21H,1,16-17,20H2,2H3,(H,33,39)(H,32,34,35). The third kappa shape index (κ3) is 7.56. The highest BCUT2D eigenvalue weighted by Gasteiger charge is 2.18. The van der Waals surface area contributed by atoms with Crippen LogP contribution in [0.4, 0.5) is 33.2 Å². The van der Waals surface area contributed by atoms with E-state index in [1.54, 1.807) is 42.6 Å². The van der Waals surface area contributed by atoms with Crippen LogP contribution in [0.2, 0.25) is 0 Å². The number of likely N-dealkylation sites (N-methyl/N-ethyl adjacent to an activating group) is 1. The number of carbonyl (C=O) groups excluding carboxylic acids is 2. The molecule has 0 aliphatic heterocycles. The molecule has 0 aliphatic carbocycles. The first-order valence-electron chi connectivity index (χ1n) is 12.3. The van der Waals surface area contributed by atoms with Gasteiger partial charge in [-0.2, -0.15) is 4.98 Å². The number of hydrogen-bond donors (Lipinski definition) is 2. The van der Waals surface area contributed by atoms with Crippen LogP contribution in [-0.4, -0.2) is 40.8 Å². The Morgan fingerprint density at radius 2 is 1.79 bits per heavy atom. The zero-order valence-corrected chi connectivity index (χ0v) is 21.5. The summed E-state index contributed by atoms with van der Waals surface area (Å²) in [4.78, 5) is 36.9. The van der Waals surface area contributed by atoms with E-state index in [-0.39, 0.29) is 17.7 Å². The van der Waals surface area contributed by atoms with E-state index in [9.17, 15) is 14.0 Å². The summed E-state index contributed by atoms with van der Waals surface area (Å²) in [5.74, 6) is -0.0710. The molecule has 0 aliphatic rings. The SMILES string of the molecule is C=CC(=O)Nc1cccc(N(C=O)c2nc(Nc3ccc(F)cc3)ncc2CCN(C)Cc2ccccc2)c1. The topological polar surface area (TPSA) is 90.5 Å². The van der Waals surface area contributed by atoms with Crippen LogP contribution in [0.1, 0.15) is 11.1 Å². The second-order valence-corrected chi connectivity index (χ2v) is 8.87. The van der Waals surface area contributed by atoms with E-state index < -0.39 is 0 Å². The van der Waals surface area contributed by atoms with E-state index >= 15 is 0 Å². The van der Waals surface area contributed by atoms with Gasteiger partial charge in [-0.25, -0.2) is 9.37 Å². The summed E-state index contributed by atoms with van der Waals surface area (Å²) in [5.41, 5.74) is 3.57. The lowest BCUT2D eigenvalue weighted by atomic mass is 10.1. The summed E-state index contributed by atoms with van der Waals surface area (Å²) < 4.78 is 13.4. The average molecular weight is 525 g/mol. The van der Waals surface area contributed by atoms with E-state index in [1.807, 2.05) is 25.2 Å². The highest BCUT2D eigenvalue weighted by Crippen LogP contribution is 2.29. The van der Waals surface area contributed by atoms with Gasteiger partial charge in [-0.15, -0.1) is 0 Å². The summed E-state index contributed by atoms with van der Waals surface area (Å²) >= 11 is 0. The Labute approximate surface area is 226 Å². The lowest BCUT2D eigenvalue weighted by Gasteiger charge is -2.22. The molecule has 3 aromatic carbocycles. The van der Waals surface area contributed by atoms with Crippen LogP contribution >= 0.6 is 0 Å². The van der Waals surface area contributed by atoms with Crippen molar-refractivity contribution in [3.8, 4) is 0 Å². The van der Waals surface area contributed by atoms with Gasteiger partial charge in [0.15, 0.2) is 0 Å². The molecule has 0 spiro atoms. The average Bonchev–Trinajstić information content (AvgIpc) is 2.95. The fourth-order valence-electron chi connectivity index (χ4n) is 3.95. The minimum absolute atomic E-state index is 0.251. The molecule has 4 aromatic rings. The number of amides is 2. The Bertz CT molecular complexity index is 1430. The highest BCUT2D eigenvalue weighted by atomic mass is 19.1. The third-order valence-corrected chi connectivity index (χ3v) is 5.91. The molecule has 198 valence electrons. The zero-order chi connectivity index (χ0) is 27.6. The number of anilines is 5. The highest BCUT2D eigenvalue weighted by molar-refractivity contribution is 5.99. The monoisotopic (exact) mass is 524 g/mol. The van der Waals surface area contributed by atoms with E-state index in [2.05, 4.69) is 44.2 Å². The van der Waals surface area contributed by atoms with Gasteiger partial charge in [-0.3, -0.25) is 14.5 Å². The molecule has 8 nitrogen and oxygen atoms in total. The molecule has 1 heterocycles. The van der Waals surface area contributed by atoms with Crippen molar-refractivity contribution in [1.29, 1.82) is 0 Å². The van der Waals surface area contributed by atoms with Gasteiger partial charge in [0.05, 0.1) is 5.69 Å². The number of benzene rings is 3.